The Morgan fingerprint density at radius 2 is 2.30 bits per heavy atom. The number of cyclic esters (lactones) is 1. The molecule has 0 spiro atoms. The van der Waals surface area contributed by atoms with Crippen molar-refractivity contribution in [1.29, 1.82) is 0 Å². The lowest BCUT2D eigenvalue weighted by atomic mass is 10.2. The molecule has 1 atom stereocenters. The summed E-state index contributed by atoms with van der Waals surface area (Å²) in [6, 6.07) is 5.92. The smallest absolute Gasteiger partial charge is 0.319 e. The molecule has 1 saturated heterocycles. The van der Waals surface area contributed by atoms with Crippen molar-refractivity contribution in [2.24, 2.45) is 0 Å². The van der Waals surface area contributed by atoms with Crippen LogP contribution in [0.1, 0.15) is 6.42 Å². The Balaban J connectivity index is 1.87. The maximum Gasteiger partial charge on any atom is 0.319 e. The summed E-state index contributed by atoms with van der Waals surface area (Å²) < 4.78 is 19.3. The van der Waals surface area contributed by atoms with Crippen LogP contribution in [-0.4, -0.2) is 32.7 Å². The van der Waals surface area contributed by atoms with E-state index in [0.717, 1.165) is 0 Å². The van der Waals surface area contributed by atoms with Gasteiger partial charge in [-0.1, -0.05) is 23.9 Å². The van der Waals surface area contributed by atoms with Crippen molar-refractivity contribution in [1.82, 2.24) is 14.9 Å². The number of nitrogen functional groups attached to an aromatic ring is 1. The molecule has 1 aliphatic heterocycles. The summed E-state index contributed by atoms with van der Waals surface area (Å²) in [5.41, 5.74) is 0.529. The van der Waals surface area contributed by atoms with Crippen molar-refractivity contribution in [2.75, 3.05) is 12.4 Å². The zero-order chi connectivity index (χ0) is 14.1. The molecule has 0 radical (unpaired) electrons. The number of carbonyl (C=O) groups is 1. The standard InChI is InChI=1S/C12H11FN4O2S/c13-8-3-1-2-7(6-8)10-15-16-12(17(10)14)20-9-4-5-19-11(9)18/h1-3,6,9H,4-5,14H2/t9-/m0/s1. The fraction of sp³-hybridized carbons (Fsp3) is 0.250. The molecule has 2 N–H and O–H groups in total. The molecule has 8 heteroatoms. The molecule has 0 bridgehead atoms. The van der Waals surface area contributed by atoms with Gasteiger partial charge in [0.2, 0.25) is 5.16 Å². The second-order valence-electron chi connectivity index (χ2n) is 4.25. The molecule has 1 aliphatic rings. The minimum Gasteiger partial charge on any atom is -0.465 e. The van der Waals surface area contributed by atoms with Crippen LogP contribution in [-0.2, 0) is 9.53 Å². The summed E-state index contributed by atoms with van der Waals surface area (Å²) in [7, 11) is 0. The molecule has 1 fully saturated rings. The molecular weight excluding hydrogens is 283 g/mol. The highest BCUT2D eigenvalue weighted by Gasteiger charge is 2.29. The van der Waals surface area contributed by atoms with Crippen LogP contribution >= 0.6 is 11.8 Å². The van der Waals surface area contributed by atoms with Gasteiger partial charge in [0, 0.05) is 12.0 Å². The number of hydrogen-bond acceptors (Lipinski definition) is 6. The number of aromatic nitrogens is 3. The van der Waals surface area contributed by atoms with Crippen LogP contribution in [0.2, 0.25) is 0 Å². The highest BCUT2D eigenvalue weighted by Crippen LogP contribution is 2.29. The number of esters is 1. The van der Waals surface area contributed by atoms with Crippen molar-refractivity contribution in [3.8, 4) is 11.4 Å². The zero-order valence-electron chi connectivity index (χ0n) is 10.3. The molecule has 6 nitrogen and oxygen atoms in total. The number of halogens is 1. The van der Waals surface area contributed by atoms with Gasteiger partial charge in [0.15, 0.2) is 5.82 Å². The third-order valence-electron chi connectivity index (χ3n) is 2.88. The Morgan fingerprint density at radius 1 is 1.45 bits per heavy atom. The average molecular weight is 294 g/mol. The maximum absolute atomic E-state index is 13.2. The first-order valence-corrected chi connectivity index (χ1v) is 6.83. The molecule has 1 aromatic carbocycles. The van der Waals surface area contributed by atoms with E-state index in [1.807, 2.05) is 0 Å². The highest BCUT2D eigenvalue weighted by atomic mass is 32.2. The molecule has 2 heterocycles. The molecule has 0 amide bonds. The monoisotopic (exact) mass is 294 g/mol. The van der Waals surface area contributed by atoms with Crippen LogP contribution in [0.5, 0.6) is 0 Å². The normalized spacial score (nSPS) is 18.2. The van der Waals surface area contributed by atoms with E-state index in [9.17, 15) is 9.18 Å². The quantitative estimate of drug-likeness (QED) is 0.676. The summed E-state index contributed by atoms with van der Waals surface area (Å²) in [4.78, 5) is 11.4. The van der Waals surface area contributed by atoms with Crippen LogP contribution in [0.4, 0.5) is 4.39 Å². The summed E-state index contributed by atoms with van der Waals surface area (Å²) in [6.07, 6.45) is 0.617. The Morgan fingerprint density at radius 3 is 3.00 bits per heavy atom. The number of nitrogens with zero attached hydrogens (tertiary/aromatic N) is 3. The third-order valence-corrected chi connectivity index (χ3v) is 4.08. The zero-order valence-corrected chi connectivity index (χ0v) is 11.1. The number of thioether (sulfide) groups is 1. The topological polar surface area (TPSA) is 83.0 Å². The number of benzene rings is 1. The van der Waals surface area contributed by atoms with E-state index in [4.69, 9.17) is 10.6 Å². The van der Waals surface area contributed by atoms with Gasteiger partial charge in [-0.05, 0) is 12.1 Å². The number of hydrogen-bond donors (Lipinski definition) is 1. The van der Waals surface area contributed by atoms with Crippen LogP contribution in [0.25, 0.3) is 11.4 Å². The van der Waals surface area contributed by atoms with Gasteiger partial charge in [0.25, 0.3) is 0 Å². The van der Waals surface area contributed by atoms with E-state index < -0.39 is 0 Å². The van der Waals surface area contributed by atoms with Crippen LogP contribution in [0.15, 0.2) is 29.4 Å². The second-order valence-corrected chi connectivity index (χ2v) is 5.42. The maximum atomic E-state index is 13.2. The fourth-order valence-electron chi connectivity index (χ4n) is 1.89. The van der Waals surface area contributed by atoms with Gasteiger partial charge in [0.05, 0.1) is 6.61 Å². The van der Waals surface area contributed by atoms with E-state index in [1.54, 1.807) is 12.1 Å². The molecule has 1 aromatic heterocycles. The van der Waals surface area contributed by atoms with Gasteiger partial charge in [0.1, 0.15) is 11.1 Å². The fourth-order valence-corrected chi connectivity index (χ4v) is 2.81. The highest BCUT2D eigenvalue weighted by molar-refractivity contribution is 8.00. The van der Waals surface area contributed by atoms with Crippen LogP contribution < -0.4 is 5.84 Å². The van der Waals surface area contributed by atoms with Gasteiger partial charge in [-0.15, -0.1) is 10.2 Å². The van der Waals surface area contributed by atoms with Gasteiger partial charge in [-0.3, -0.25) is 4.79 Å². The first kappa shape index (κ1) is 12.9. The van der Waals surface area contributed by atoms with E-state index in [2.05, 4.69) is 10.2 Å². The molecule has 104 valence electrons. The van der Waals surface area contributed by atoms with Crippen molar-refractivity contribution < 1.29 is 13.9 Å². The summed E-state index contributed by atoms with van der Waals surface area (Å²) in [6.45, 7) is 0.409. The van der Waals surface area contributed by atoms with E-state index in [1.165, 1.54) is 28.6 Å². The lowest BCUT2D eigenvalue weighted by molar-refractivity contribution is -0.137. The van der Waals surface area contributed by atoms with Gasteiger partial charge < -0.3 is 10.6 Å². The van der Waals surface area contributed by atoms with Gasteiger partial charge >= 0.3 is 5.97 Å². The van der Waals surface area contributed by atoms with Crippen molar-refractivity contribution in [2.45, 2.75) is 16.8 Å². The molecule has 3 rings (SSSR count). The molecule has 20 heavy (non-hydrogen) atoms. The first-order chi connectivity index (χ1) is 9.65. The minimum absolute atomic E-state index is 0.273. The van der Waals surface area contributed by atoms with Crippen LogP contribution in [0, 0.1) is 5.82 Å². The van der Waals surface area contributed by atoms with Crippen LogP contribution in [0.3, 0.4) is 0 Å². The average Bonchev–Trinajstić information content (AvgIpc) is 2.98. The predicted molar refractivity (Wildman–Crippen MR) is 70.8 cm³/mol. The predicted octanol–water partition coefficient (Wildman–Crippen LogP) is 1.21. The minimum atomic E-state index is -0.376. The molecule has 0 aliphatic carbocycles. The van der Waals surface area contributed by atoms with Gasteiger partial charge in [-0.25, -0.2) is 9.07 Å². The second kappa shape index (κ2) is 5.12. The van der Waals surface area contributed by atoms with Gasteiger partial charge in [-0.2, -0.15) is 0 Å². The third kappa shape index (κ3) is 2.34. The Bertz CT molecular complexity index is 661. The Kier molecular flexibility index (Phi) is 3.31. The lowest BCUT2D eigenvalue weighted by Crippen LogP contribution is -2.15. The largest absolute Gasteiger partial charge is 0.465 e. The Labute approximate surface area is 118 Å². The van der Waals surface area contributed by atoms with Crippen molar-refractivity contribution in [3.63, 3.8) is 0 Å². The van der Waals surface area contributed by atoms with E-state index in [-0.39, 0.29) is 17.0 Å². The summed E-state index contributed by atoms with van der Waals surface area (Å²) in [5.74, 6) is 5.60. The van der Waals surface area contributed by atoms with Crippen molar-refractivity contribution >= 4 is 17.7 Å². The number of carbonyl (C=O) groups excluding carboxylic acids is 1. The molecular formula is C12H11FN4O2S. The lowest BCUT2D eigenvalue weighted by Gasteiger charge is -2.05. The SMILES string of the molecule is Nn1c(S[C@H]2CCOC2=O)nnc1-c1cccc(F)c1. The molecule has 0 unspecified atom stereocenters. The van der Waals surface area contributed by atoms with E-state index >= 15 is 0 Å². The number of rotatable bonds is 3. The molecule has 2 aromatic rings. The Hall–Kier alpha value is -2.09. The number of nitrogens with two attached hydrogens (primary N) is 1. The van der Waals surface area contributed by atoms with Crippen molar-refractivity contribution in [3.05, 3.63) is 30.1 Å². The summed E-state index contributed by atoms with van der Waals surface area (Å²) in [5, 5.41) is 7.96. The summed E-state index contributed by atoms with van der Waals surface area (Å²) >= 11 is 1.20. The first-order valence-electron chi connectivity index (χ1n) is 5.95. The van der Waals surface area contributed by atoms with E-state index in [0.29, 0.717) is 29.6 Å². The number of ether oxygens (including phenoxy) is 1. The molecule has 0 saturated carbocycles.